The summed E-state index contributed by atoms with van der Waals surface area (Å²) in [5, 5.41) is 4.18. The number of hydrogen-bond acceptors (Lipinski definition) is 4. The molecule has 0 saturated carbocycles. The van der Waals surface area contributed by atoms with Crippen molar-refractivity contribution in [3.8, 4) is 5.75 Å². The van der Waals surface area contributed by atoms with Crippen LogP contribution >= 0.6 is 0 Å². The van der Waals surface area contributed by atoms with Crippen molar-refractivity contribution in [2.75, 3.05) is 19.6 Å². The van der Waals surface area contributed by atoms with Gasteiger partial charge in [-0.25, -0.2) is 0 Å². The molecule has 5 nitrogen and oxygen atoms in total. The van der Waals surface area contributed by atoms with Crippen LogP contribution in [0, 0.1) is 0 Å². The third-order valence-corrected chi connectivity index (χ3v) is 5.24. The zero-order valence-electron chi connectivity index (χ0n) is 18.3. The van der Waals surface area contributed by atoms with Gasteiger partial charge in [0, 0.05) is 43.2 Å². The predicted octanol–water partition coefficient (Wildman–Crippen LogP) is 4.34. The third kappa shape index (κ3) is 6.43. The maximum Gasteiger partial charge on any atom is 0.221 e. The molecule has 2 heterocycles. The zero-order chi connectivity index (χ0) is 20.9. The number of nitrogens with one attached hydrogen (secondary N) is 1. The maximum atomic E-state index is 12.1. The molecule has 1 aromatic heterocycles. The lowest BCUT2D eigenvalue weighted by Gasteiger charge is -2.22. The second-order valence-corrected chi connectivity index (χ2v) is 9.15. The van der Waals surface area contributed by atoms with E-state index in [2.05, 4.69) is 40.3 Å². The van der Waals surface area contributed by atoms with Crippen LogP contribution in [0.5, 0.6) is 5.75 Å². The molecule has 5 heteroatoms. The molecular formula is C24H35N3O2. The summed E-state index contributed by atoms with van der Waals surface area (Å²) in [5.74, 6) is 1.01. The van der Waals surface area contributed by atoms with Gasteiger partial charge in [0.05, 0.1) is 0 Å². The normalized spacial score (nSPS) is 17.6. The van der Waals surface area contributed by atoms with Crippen LogP contribution in [-0.4, -0.2) is 47.1 Å². The van der Waals surface area contributed by atoms with Crippen LogP contribution in [0.15, 0.2) is 30.5 Å². The fourth-order valence-electron chi connectivity index (χ4n) is 3.85. The first-order valence-corrected chi connectivity index (χ1v) is 10.9. The molecule has 1 N–H and O–H groups in total. The Balaban J connectivity index is 1.60. The van der Waals surface area contributed by atoms with Gasteiger partial charge in [-0.15, -0.1) is 0 Å². The minimum atomic E-state index is -0.176. The number of amides is 1. The van der Waals surface area contributed by atoms with Gasteiger partial charge in [0.2, 0.25) is 5.91 Å². The van der Waals surface area contributed by atoms with E-state index in [1.165, 1.54) is 18.4 Å². The number of unbranched alkanes of at least 4 members (excludes halogenated alkanes) is 1. The monoisotopic (exact) mass is 397 g/mol. The van der Waals surface area contributed by atoms with E-state index in [0.29, 0.717) is 6.42 Å². The molecule has 1 aliphatic rings. The molecule has 0 spiro atoms. The predicted molar refractivity (Wildman–Crippen MR) is 118 cm³/mol. The summed E-state index contributed by atoms with van der Waals surface area (Å²) in [6.07, 6.45) is 6.91. The lowest BCUT2D eigenvalue weighted by atomic mass is 10.0. The number of nitrogens with zero attached hydrogens (tertiary/aromatic N) is 2. The number of ether oxygens (including phenoxy) is 1. The van der Waals surface area contributed by atoms with Crippen molar-refractivity contribution < 1.29 is 9.53 Å². The van der Waals surface area contributed by atoms with Gasteiger partial charge < -0.3 is 10.1 Å². The van der Waals surface area contributed by atoms with Gasteiger partial charge in [-0.3, -0.25) is 14.7 Å². The SMILES string of the molecule is CCCCc1cc(O[C@H]2CCN(CCC(=O)NC(C)(C)C)C2)c2ncccc2c1. The Hall–Kier alpha value is -2.14. The molecule has 3 rings (SSSR count). The summed E-state index contributed by atoms with van der Waals surface area (Å²) in [6.45, 7) is 10.9. The van der Waals surface area contributed by atoms with Crippen molar-refractivity contribution in [3.05, 3.63) is 36.0 Å². The zero-order valence-corrected chi connectivity index (χ0v) is 18.3. The Bertz CT molecular complexity index is 828. The number of carbonyl (C=O) groups is 1. The molecule has 0 radical (unpaired) electrons. The lowest BCUT2D eigenvalue weighted by molar-refractivity contribution is -0.122. The van der Waals surface area contributed by atoms with Crippen molar-refractivity contribution in [2.24, 2.45) is 0 Å². The van der Waals surface area contributed by atoms with Crippen LogP contribution in [0.2, 0.25) is 0 Å². The minimum Gasteiger partial charge on any atom is -0.487 e. The highest BCUT2D eigenvalue weighted by atomic mass is 16.5. The standard InChI is InChI=1S/C24H35N3O2/c1-5-6-8-18-15-19-9-7-12-25-23(19)21(16-18)29-20-10-13-27(17-20)14-11-22(28)26-24(2,3)4/h7,9,12,15-16,20H,5-6,8,10-11,13-14,17H2,1-4H3,(H,26,28)/t20-/m0/s1. The fraction of sp³-hybridized carbons (Fsp3) is 0.583. The number of hydrogen-bond donors (Lipinski definition) is 1. The van der Waals surface area contributed by atoms with E-state index in [0.717, 1.165) is 49.1 Å². The molecule has 1 aromatic carbocycles. The van der Waals surface area contributed by atoms with E-state index >= 15 is 0 Å². The van der Waals surface area contributed by atoms with Crippen LogP contribution in [-0.2, 0) is 11.2 Å². The topological polar surface area (TPSA) is 54.5 Å². The number of rotatable bonds is 8. The Labute approximate surface area is 174 Å². The third-order valence-electron chi connectivity index (χ3n) is 5.24. The summed E-state index contributed by atoms with van der Waals surface area (Å²) in [7, 11) is 0. The van der Waals surface area contributed by atoms with E-state index in [-0.39, 0.29) is 17.6 Å². The van der Waals surface area contributed by atoms with Crippen molar-refractivity contribution >= 4 is 16.8 Å². The first-order valence-electron chi connectivity index (χ1n) is 10.9. The highest BCUT2D eigenvalue weighted by Gasteiger charge is 2.25. The van der Waals surface area contributed by atoms with Crippen LogP contribution < -0.4 is 10.1 Å². The van der Waals surface area contributed by atoms with Crippen LogP contribution in [0.4, 0.5) is 0 Å². The molecule has 1 amide bonds. The van der Waals surface area contributed by atoms with E-state index in [4.69, 9.17) is 4.74 Å². The van der Waals surface area contributed by atoms with Crippen molar-refractivity contribution in [1.82, 2.24) is 15.2 Å². The summed E-state index contributed by atoms with van der Waals surface area (Å²) < 4.78 is 6.42. The van der Waals surface area contributed by atoms with Crippen molar-refractivity contribution in [1.29, 1.82) is 0 Å². The highest BCUT2D eigenvalue weighted by molar-refractivity contribution is 5.85. The molecule has 158 valence electrons. The Morgan fingerprint density at radius 1 is 1.34 bits per heavy atom. The van der Waals surface area contributed by atoms with E-state index in [1.54, 1.807) is 0 Å². The number of likely N-dealkylation sites (tertiary alicyclic amines) is 1. The number of aryl methyl sites for hydroxylation is 1. The van der Waals surface area contributed by atoms with Crippen LogP contribution in [0.25, 0.3) is 10.9 Å². The molecule has 1 atom stereocenters. The largest absolute Gasteiger partial charge is 0.487 e. The van der Waals surface area contributed by atoms with E-state index in [1.807, 2.05) is 33.0 Å². The molecule has 29 heavy (non-hydrogen) atoms. The summed E-state index contributed by atoms with van der Waals surface area (Å²) in [5.41, 5.74) is 2.08. The Morgan fingerprint density at radius 2 is 2.17 bits per heavy atom. The highest BCUT2D eigenvalue weighted by Crippen LogP contribution is 2.29. The average Bonchev–Trinajstić information content (AvgIpc) is 3.11. The second kappa shape index (κ2) is 9.57. The van der Waals surface area contributed by atoms with Crippen LogP contribution in [0.3, 0.4) is 0 Å². The van der Waals surface area contributed by atoms with Gasteiger partial charge in [0.15, 0.2) is 0 Å². The van der Waals surface area contributed by atoms with Gasteiger partial charge in [-0.05, 0) is 63.8 Å². The molecule has 0 bridgehead atoms. The quantitative estimate of drug-likeness (QED) is 0.720. The fourth-order valence-corrected chi connectivity index (χ4v) is 3.85. The molecule has 1 aliphatic heterocycles. The molecule has 1 saturated heterocycles. The Morgan fingerprint density at radius 3 is 2.93 bits per heavy atom. The molecule has 2 aromatic rings. The molecule has 1 fully saturated rings. The van der Waals surface area contributed by atoms with Crippen molar-refractivity contribution in [2.45, 2.75) is 71.4 Å². The van der Waals surface area contributed by atoms with Crippen molar-refractivity contribution in [3.63, 3.8) is 0 Å². The maximum absolute atomic E-state index is 12.1. The second-order valence-electron chi connectivity index (χ2n) is 9.15. The molecule has 0 unspecified atom stereocenters. The van der Waals surface area contributed by atoms with Gasteiger partial charge >= 0.3 is 0 Å². The summed E-state index contributed by atoms with van der Waals surface area (Å²) >= 11 is 0. The number of benzene rings is 1. The van der Waals surface area contributed by atoms with Gasteiger partial charge in [-0.1, -0.05) is 19.4 Å². The van der Waals surface area contributed by atoms with Crippen LogP contribution in [0.1, 0.15) is 58.9 Å². The number of aromatic nitrogens is 1. The molecular weight excluding hydrogens is 362 g/mol. The minimum absolute atomic E-state index is 0.112. The number of pyridine rings is 1. The van der Waals surface area contributed by atoms with Gasteiger partial charge in [0.1, 0.15) is 17.4 Å². The van der Waals surface area contributed by atoms with Gasteiger partial charge in [-0.2, -0.15) is 0 Å². The number of carbonyl (C=O) groups excluding carboxylic acids is 1. The summed E-state index contributed by atoms with van der Waals surface area (Å²) in [4.78, 5) is 19.0. The average molecular weight is 398 g/mol. The Kier molecular flexibility index (Phi) is 7.12. The smallest absolute Gasteiger partial charge is 0.221 e. The summed E-state index contributed by atoms with van der Waals surface area (Å²) in [6, 6.07) is 8.50. The first kappa shape index (κ1) is 21.6. The van der Waals surface area contributed by atoms with E-state index < -0.39 is 0 Å². The van der Waals surface area contributed by atoms with E-state index in [9.17, 15) is 4.79 Å². The molecule has 0 aliphatic carbocycles. The first-order chi connectivity index (χ1) is 13.8. The number of fused-ring (bicyclic) bond motifs is 1. The van der Waals surface area contributed by atoms with Gasteiger partial charge in [0.25, 0.3) is 0 Å². The lowest BCUT2D eigenvalue weighted by Crippen LogP contribution is -2.41.